The van der Waals surface area contributed by atoms with E-state index < -0.39 is 0 Å². The number of fused-ring (bicyclic) bond motifs is 1. The largest absolute Gasteiger partial charge is 0.466 e. The highest BCUT2D eigenvalue weighted by Crippen LogP contribution is 2.27. The number of ether oxygens (including phenoxy) is 1. The molecule has 0 fully saturated rings. The van der Waals surface area contributed by atoms with Gasteiger partial charge in [0.05, 0.1) is 13.0 Å². The summed E-state index contributed by atoms with van der Waals surface area (Å²) in [5, 5.41) is 4.03. The van der Waals surface area contributed by atoms with Gasteiger partial charge in [-0.15, -0.1) is 0 Å². The van der Waals surface area contributed by atoms with Crippen LogP contribution in [0.3, 0.4) is 0 Å². The van der Waals surface area contributed by atoms with E-state index in [4.69, 9.17) is 20.8 Å². The van der Waals surface area contributed by atoms with Gasteiger partial charge in [0.15, 0.2) is 5.76 Å². The highest BCUT2D eigenvalue weighted by Gasteiger charge is 2.17. The molecule has 1 heterocycles. The number of amides is 1. The minimum Gasteiger partial charge on any atom is -0.466 e. The second-order valence-electron chi connectivity index (χ2n) is 4.51. The van der Waals surface area contributed by atoms with Crippen molar-refractivity contribution in [2.24, 2.45) is 0 Å². The van der Waals surface area contributed by atoms with Gasteiger partial charge in [-0.3, -0.25) is 9.59 Å². The fourth-order valence-corrected chi connectivity index (χ4v) is 2.17. The van der Waals surface area contributed by atoms with Crippen LogP contribution in [0.2, 0.25) is 5.02 Å². The van der Waals surface area contributed by atoms with Crippen LogP contribution in [-0.2, 0) is 9.53 Å². The lowest BCUT2D eigenvalue weighted by Crippen LogP contribution is -2.26. The Morgan fingerprint density at radius 3 is 2.86 bits per heavy atom. The number of aryl methyl sites for hydroxylation is 1. The molecule has 0 saturated carbocycles. The van der Waals surface area contributed by atoms with Crippen LogP contribution >= 0.6 is 11.6 Å². The van der Waals surface area contributed by atoms with Gasteiger partial charge < -0.3 is 14.5 Å². The summed E-state index contributed by atoms with van der Waals surface area (Å²) in [6, 6.07) is 5.18. The van der Waals surface area contributed by atoms with Crippen molar-refractivity contribution < 1.29 is 18.7 Å². The number of carbonyl (C=O) groups excluding carboxylic acids is 2. The fourth-order valence-electron chi connectivity index (χ4n) is 2.00. The first kappa shape index (κ1) is 15.4. The van der Waals surface area contributed by atoms with E-state index in [2.05, 4.69) is 5.32 Å². The van der Waals surface area contributed by atoms with Crippen LogP contribution in [0, 0.1) is 6.92 Å². The Bertz CT molecular complexity index is 678. The smallest absolute Gasteiger partial charge is 0.307 e. The highest BCUT2D eigenvalue weighted by atomic mass is 35.5. The van der Waals surface area contributed by atoms with E-state index in [1.165, 1.54) is 0 Å². The van der Waals surface area contributed by atoms with Gasteiger partial charge in [0.2, 0.25) is 0 Å². The second-order valence-corrected chi connectivity index (χ2v) is 4.94. The standard InChI is InChI=1S/C15H16ClNO4/c1-3-20-13(18)6-7-17-15(19)14-9(2)11-8-10(16)4-5-12(11)21-14/h4-5,8H,3,6-7H2,1-2H3,(H,17,19). The third kappa shape index (κ3) is 3.55. The van der Waals surface area contributed by atoms with Crippen molar-refractivity contribution in [1.82, 2.24) is 5.32 Å². The van der Waals surface area contributed by atoms with Gasteiger partial charge >= 0.3 is 5.97 Å². The number of furan rings is 1. The first-order valence-corrected chi connectivity index (χ1v) is 7.03. The van der Waals surface area contributed by atoms with E-state index in [1.807, 2.05) is 0 Å². The SMILES string of the molecule is CCOC(=O)CCNC(=O)c1oc2ccc(Cl)cc2c1C. The van der Waals surface area contributed by atoms with Gasteiger partial charge in [-0.05, 0) is 32.0 Å². The summed E-state index contributed by atoms with van der Waals surface area (Å²) in [4.78, 5) is 23.3. The molecule has 2 rings (SSSR count). The van der Waals surface area contributed by atoms with Gasteiger partial charge in [0.25, 0.3) is 5.91 Å². The van der Waals surface area contributed by atoms with E-state index in [0.29, 0.717) is 17.2 Å². The maximum atomic E-state index is 12.1. The van der Waals surface area contributed by atoms with Gasteiger partial charge in [0, 0.05) is 22.5 Å². The van der Waals surface area contributed by atoms with Crippen molar-refractivity contribution >= 4 is 34.4 Å². The van der Waals surface area contributed by atoms with Crippen LogP contribution < -0.4 is 5.32 Å². The molecule has 1 N–H and O–H groups in total. The van der Waals surface area contributed by atoms with Gasteiger partial charge in [-0.25, -0.2) is 0 Å². The van der Waals surface area contributed by atoms with Crippen molar-refractivity contribution in [3.8, 4) is 0 Å². The summed E-state index contributed by atoms with van der Waals surface area (Å²) in [5.74, 6) is -0.467. The van der Waals surface area contributed by atoms with E-state index in [1.54, 1.807) is 32.0 Å². The van der Waals surface area contributed by atoms with Crippen molar-refractivity contribution in [1.29, 1.82) is 0 Å². The number of nitrogens with one attached hydrogen (secondary N) is 1. The molecule has 2 aromatic rings. The normalized spacial score (nSPS) is 10.6. The molecule has 1 aromatic heterocycles. The Morgan fingerprint density at radius 2 is 2.14 bits per heavy atom. The molecule has 0 aliphatic rings. The lowest BCUT2D eigenvalue weighted by atomic mass is 10.1. The number of carbonyl (C=O) groups is 2. The van der Waals surface area contributed by atoms with Crippen LogP contribution in [0.15, 0.2) is 22.6 Å². The molecule has 0 aliphatic carbocycles. The van der Waals surface area contributed by atoms with Crippen molar-refractivity contribution in [2.45, 2.75) is 20.3 Å². The zero-order valence-corrected chi connectivity index (χ0v) is 12.6. The molecule has 1 amide bonds. The van der Waals surface area contributed by atoms with Crippen LogP contribution in [-0.4, -0.2) is 25.0 Å². The molecular formula is C15H16ClNO4. The lowest BCUT2D eigenvalue weighted by Gasteiger charge is -2.03. The number of hydrogen-bond acceptors (Lipinski definition) is 4. The Kier molecular flexibility index (Phi) is 4.85. The number of hydrogen-bond donors (Lipinski definition) is 1. The molecule has 5 nitrogen and oxygen atoms in total. The fraction of sp³-hybridized carbons (Fsp3) is 0.333. The summed E-state index contributed by atoms with van der Waals surface area (Å²) in [7, 11) is 0. The van der Waals surface area contributed by atoms with E-state index >= 15 is 0 Å². The second kappa shape index (κ2) is 6.63. The zero-order chi connectivity index (χ0) is 15.4. The van der Waals surface area contributed by atoms with Gasteiger partial charge in [-0.1, -0.05) is 11.6 Å². The minimum absolute atomic E-state index is 0.130. The molecule has 0 spiro atoms. The predicted octanol–water partition coefficient (Wildman–Crippen LogP) is 3.08. The molecule has 0 bridgehead atoms. The first-order chi connectivity index (χ1) is 10.0. The minimum atomic E-state index is -0.357. The number of halogens is 1. The molecule has 0 aliphatic heterocycles. The third-order valence-corrected chi connectivity index (χ3v) is 3.26. The van der Waals surface area contributed by atoms with E-state index in [0.717, 1.165) is 10.9 Å². The molecule has 21 heavy (non-hydrogen) atoms. The summed E-state index contributed by atoms with van der Waals surface area (Å²) >= 11 is 5.93. The maximum Gasteiger partial charge on any atom is 0.307 e. The molecule has 1 aromatic carbocycles. The molecule has 0 saturated heterocycles. The average molecular weight is 310 g/mol. The molecule has 6 heteroatoms. The molecule has 0 atom stereocenters. The predicted molar refractivity (Wildman–Crippen MR) is 79.5 cm³/mol. The van der Waals surface area contributed by atoms with Gasteiger partial charge in [0.1, 0.15) is 5.58 Å². The lowest BCUT2D eigenvalue weighted by molar-refractivity contribution is -0.142. The summed E-state index contributed by atoms with van der Waals surface area (Å²) < 4.78 is 10.3. The van der Waals surface area contributed by atoms with Crippen molar-refractivity contribution in [2.75, 3.05) is 13.2 Å². The Morgan fingerprint density at radius 1 is 1.38 bits per heavy atom. The van der Waals surface area contributed by atoms with Gasteiger partial charge in [-0.2, -0.15) is 0 Å². The van der Waals surface area contributed by atoms with Crippen LogP contribution in [0.4, 0.5) is 0 Å². The number of benzene rings is 1. The van der Waals surface area contributed by atoms with Crippen molar-refractivity contribution in [3.05, 3.63) is 34.5 Å². The van der Waals surface area contributed by atoms with E-state index in [9.17, 15) is 9.59 Å². The number of esters is 1. The Hall–Kier alpha value is -2.01. The van der Waals surface area contributed by atoms with Crippen LogP contribution in [0.1, 0.15) is 29.5 Å². The van der Waals surface area contributed by atoms with Crippen molar-refractivity contribution in [3.63, 3.8) is 0 Å². The Labute approximate surface area is 127 Å². The van der Waals surface area contributed by atoms with Crippen LogP contribution in [0.25, 0.3) is 11.0 Å². The maximum absolute atomic E-state index is 12.1. The topological polar surface area (TPSA) is 68.5 Å². The summed E-state index contributed by atoms with van der Waals surface area (Å²) in [6.07, 6.45) is 0.130. The molecular weight excluding hydrogens is 294 g/mol. The molecule has 0 radical (unpaired) electrons. The summed E-state index contributed by atoms with van der Waals surface area (Å²) in [5.41, 5.74) is 1.33. The van der Waals surface area contributed by atoms with E-state index in [-0.39, 0.29) is 30.6 Å². The van der Waals surface area contributed by atoms with Crippen LogP contribution in [0.5, 0.6) is 0 Å². The monoisotopic (exact) mass is 309 g/mol. The Balaban J connectivity index is 2.06. The third-order valence-electron chi connectivity index (χ3n) is 3.02. The zero-order valence-electron chi connectivity index (χ0n) is 11.9. The first-order valence-electron chi connectivity index (χ1n) is 6.65. The summed E-state index contributed by atoms with van der Waals surface area (Å²) in [6.45, 7) is 4.06. The molecule has 0 unspecified atom stereocenters. The molecule has 112 valence electrons. The quantitative estimate of drug-likeness (QED) is 0.862. The number of rotatable bonds is 5. The highest BCUT2D eigenvalue weighted by molar-refractivity contribution is 6.31. The average Bonchev–Trinajstić information content (AvgIpc) is 2.76.